The third-order valence-electron chi connectivity index (χ3n) is 6.66. The molecule has 0 bridgehead atoms. The highest BCUT2D eigenvalue weighted by molar-refractivity contribution is 5.78. The normalized spacial score (nSPS) is 14.8. The zero-order valence-corrected chi connectivity index (χ0v) is 21.7. The topological polar surface area (TPSA) is 69.3 Å². The molecule has 3 aromatic carbocycles. The molecule has 194 valence electrons. The quantitative estimate of drug-likeness (QED) is 0.384. The molecule has 1 amide bonds. The molecule has 1 N–H and O–H groups in total. The number of benzene rings is 3. The number of nitrogens with one attached hydrogen (secondary N) is 1. The smallest absolute Gasteiger partial charge is 0.234 e. The number of fused-ring (bicyclic) bond motifs is 1. The maximum Gasteiger partial charge on any atom is 0.234 e. The van der Waals surface area contributed by atoms with Crippen LogP contribution in [0.25, 0.3) is 0 Å². The minimum absolute atomic E-state index is 0.0132. The predicted octanol–water partition coefficient (Wildman–Crippen LogP) is 4.69. The molecule has 3 aromatic rings. The van der Waals surface area contributed by atoms with Crippen molar-refractivity contribution in [3.8, 4) is 23.0 Å². The Hall–Kier alpha value is -3.97. The van der Waals surface area contributed by atoms with E-state index < -0.39 is 0 Å². The Morgan fingerprint density at radius 3 is 2.38 bits per heavy atom. The largest absolute Gasteiger partial charge is 0.493 e. The van der Waals surface area contributed by atoms with Crippen LogP contribution in [0.3, 0.4) is 0 Å². The third-order valence-corrected chi connectivity index (χ3v) is 6.66. The van der Waals surface area contributed by atoms with Crippen molar-refractivity contribution in [2.45, 2.75) is 25.4 Å². The van der Waals surface area contributed by atoms with Gasteiger partial charge in [-0.05, 0) is 59.4 Å². The minimum Gasteiger partial charge on any atom is -0.493 e. The van der Waals surface area contributed by atoms with Crippen molar-refractivity contribution >= 4 is 5.91 Å². The Morgan fingerprint density at radius 1 is 0.946 bits per heavy atom. The van der Waals surface area contributed by atoms with E-state index in [2.05, 4.69) is 16.8 Å². The Balaban J connectivity index is 1.62. The van der Waals surface area contributed by atoms with E-state index in [1.807, 2.05) is 60.7 Å². The molecule has 0 aliphatic carbocycles. The van der Waals surface area contributed by atoms with Gasteiger partial charge in [-0.3, -0.25) is 9.69 Å². The van der Waals surface area contributed by atoms with Gasteiger partial charge in [-0.15, -0.1) is 0 Å². The third kappa shape index (κ3) is 6.24. The maximum absolute atomic E-state index is 13.0. The number of carbonyl (C=O) groups excluding carboxylic acids is 1. The molecule has 1 aliphatic rings. The van der Waals surface area contributed by atoms with Gasteiger partial charge in [0, 0.05) is 19.1 Å². The van der Waals surface area contributed by atoms with Crippen molar-refractivity contribution in [2.75, 3.05) is 34.4 Å². The molecule has 0 saturated heterocycles. The zero-order chi connectivity index (χ0) is 26.2. The molecule has 1 unspecified atom stereocenters. The SMILES string of the molecule is C=COc1cc2c(cc1OC)CCN(CC(=O)NCc1ccccc1)C2Cc1ccc(OC)c(OC)c1. The van der Waals surface area contributed by atoms with Crippen LogP contribution in [0.5, 0.6) is 23.0 Å². The summed E-state index contributed by atoms with van der Waals surface area (Å²) in [4.78, 5) is 15.2. The number of rotatable bonds is 11. The summed E-state index contributed by atoms with van der Waals surface area (Å²) in [6, 6.07) is 19.8. The number of carbonyl (C=O) groups is 1. The van der Waals surface area contributed by atoms with Gasteiger partial charge < -0.3 is 24.3 Å². The van der Waals surface area contributed by atoms with Crippen molar-refractivity contribution in [3.63, 3.8) is 0 Å². The van der Waals surface area contributed by atoms with E-state index >= 15 is 0 Å². The van der Waals surface area contributed by atoms with Crippen molar-refractivity contribution in [1.82, 2.24) is 10.2 Å². The van der Waals surface area contributed by atoms with Gasteiger partial charge in [0.2, 0.25) is 5.91 Å². The predicted molar refractivity (Wildman–Crippen MR) is 143 cm³/mol. The first-order valence-corrected chi connectivity index (χ1v) is 12.3. The molecule has 0 fully saturated rings. The highest BCUT2D eigenvalue weighted by Crippen LogP contribution is 2.40. The lowest BCUT2D eigenvalue weighted by Gasteiger charge is -2.37. The fraction of sp³-hybridized carbons (Fsp3) is 0.300. The van der Waals surface area contributed by atoms with E-state index in [4.69, 9.17) is 18.9 Å². The first kappa shape index (κ1) is 26.1. The van der Waals surface area contributed by atoms with E-state index in [0.717, 1.165) is 29.7 Å². The van der Waals surface area contributed by atoms with Gasteiger partial charge in [0.05, 0.1) is 34.1 Å². The summed E-state index contributed by atoms with van der Waals surface area (Å²) < 4.78 is 22.2. The number of ether oxygens (including phenoxy) is 4. The van der Waals surface area contributed by atoms with E-state index in [1.54, 1.807) is 21.3 Å². The lowest BCUT2D eigenvalue weighted by Crippen LogP contribution is -2.43. The monoisotopic (exact) mass is 502 g/mol. The van der Waals surface area contributed by atoms with E-state index in [9.17, 15) is 4.79 Å². The maximum atomic E-state index is 13.0. The van der Waals surface area contributed by atoms with Crippen LogP contribution in [0.1, 0.15) is 28.3 Å². The van der Waals surface area contributed by atoms with Crippen LogP contribution in [0, 0.1) is 0 Å². The number of amides is 1. The second kappa shape index (κ2) is 12.3. The van der Waals surface area contributed by atoms with Gasteiger partial charge in [0.1, 0.15) is 0 Å². The summed E-state index contributed by atoms with van der Waals surface area (Å²) in [5.41, 5.74) is 4.43. The van der Waals surface area contributed by atoms with Gasteiger partial charge in [0.15, 0.2) is 23.0 Å². The standard InChI is InChI=1S/C30H34N2O5/c1-5-37-29-18-24-23(17-28(29)36-4)13-14-32(20-30(33)31-19-21-9-7-6-8-10-21)25(24)15-22-11-12-26(34-2)27(16-22)35-3/h5-12,16-18,25H,1,13-15,19-20H2,2-4H3,(H,31,33). The summed E-state index contributed by atoms with van der Waals surface area (Å²) in [7, 11) is 4.89. The zero-order valence-electron chi connectivity index (χ0n) is 21.7. The summed E-state index contributed by atoms with van der Waals surface area (Å²) in [5.74, 6) is 2.61. The first-order valence-electron chi connectivity index (χ1n) is 12.3. The lowest BCUT2D eigenvalue weighted by molar-refractivity contribution is -0.123. The molecular formula is C30H34N2O5. The van der Waals surface area contributed by atoms with E-state index in [0.29, 0.717) is 36.0 Å². The van der Waals surface area contributed by atoms with E-state index in [1.165, 1.54) is 11.8 Å². The average molecular weight is 503 g/mol. The van der Waals surface area contributed by atoms with Gasteiger partial charge >= 0.3 is 0 Å². The Bertz CT molecular complexity index is 1230. The summed E-state index contributed by atoms with van der Waals surface area (Å²) in [5, 5.41) is 3.06. The fourth-order valence-corrected chi connectivity index (χ4v) is 4.80. The number of methoxy groups -OCH3 is 3. The van der Waals surface area contributed by atoms with Crippen molar-refractivity contribution in [1.29, 1.82) is 0 Å². The highest BCUT2D eigenvalue weighted by Gasteiger charge is 2.31. The van der Waals surface area contributed by atoms with Gasteiger partial charge in [-0.25, -0.2) is 0 Å². The van der Waals surface area contributed by atoms with Crippen LogP contribution in [0.2, 0.25) is 0 Å². The van der Waals surface area contributed by atoms with Gasteiger partial charge in [0.25, 0.3) is 0 Å². The molecule has 37 heavy (non-hydrogen) atoms. The molecule has 7 nitrogen and oxygen atoms in total. The lowest BCUT2D eigenvalue weighted by atomic mass is 9.88. The van der Waals surface area contributed by atoms with Crippen molar-refractivity contribution in [3.05, 3.63) is 95.8 Å². The van der Waals surface area contributed by atoms with Crippen LogP contribution in [-0.2, 0) is 24.2 Å². The molecule has 1 atom stereocenters. The van der Waals surface area contributed by atoms with Gasteiger partial charge in [-0.2, -0.15) is 0 Å². The van der Waals surface area contributed by atoms with Crippen molar-refractivity contribution in [2.24, 2.45) is 0 Å². The Labute approximate surface area is 218 Å². The molecule has 7 heteroatoms. The molecule has 0 saturated carbocycles. The molecule has 1 aliphatic heterocycles. The van der Waals surface area contributed by atoms with Crippen molar-refractivity contribution < 1.29 is 23.7 Å². The molecule has 0 aromatic heterocycles. The summed E-state index contributed by atoms with van der Waals surface area (Å²) >= 11 is 0. The molecule has 4 rings (SSSR count). The number of hydrogen-bond donors (Lipinski definition) is 1. The van der Waals surface area contributed by atoms with Crippen LogP contribution in [0.15, 0.2) is 73.5 Å². The number of hydrogen-bond acceptors (Lipinski definition) is 6. The molecule has 0 spiro atoms. The average Bonchev–Trinajstić information content (AvgIpc) is 2.93. The van der Waals surface area contributed by atoms with Crippen LogP contribution < -0.4 is 24.3 Å². The fourth-order valence-electron chi connectivity index (χ4n) is 4.80. The molecular weight excluding hydrogens is 468 g/mol. The highest BCUT2D eigenvalue weighted by atomic mass is 16.5. The second-order valence-corrected chi connectivity index (χ2v) is 8.88. The Morgan fingerprint density at radius 2 is 1.68 bits per heavy atom. The first-order chi connectivity index (χ1) is 18.1. The minimum atomic E-state index is -0.0533. The summed E-state index contributed by atoms with van der Waals surface area (Å²) in [6.07, 6.45) is 2.87. The van der Waals surface area contributed by atoms with Gasteiger partial charge in [-0.1, -0.05) is 43.0 Å². The van der Waals surface area contributed by atoms with Crippen LogP contribution in [-0.4, -0.2) is 45.2 Å². The van der Waals surface area contributed by atoms with E-state index in [-0.39, 0.29) is 18.5 Å². The molecule has 0 radical (unpaired) electrons. The number of nitrogens with zero attached hydrogens (tertiary/aromatic N) is 1. The second-order valence-electron chi connectivity index (χ2n) is 8.88. The summed E-state index contributed by atoms with van der Waals surface area (Å²) in [6.45, 7) is 5.23. The van der Waals surface area contributed by atoms with Crippen LogP contribution >= 0.6 is 0 Å². The Kier molecular flexibility index (Phi) is 8.69. The van der Waals surface area contributed by atoms with Crippen LogP contribution in [0.4, 0.5) is 0 Å². The molecule has 1 heterocycles.